The topological polar surface area (TPSA) is 60.2 Å². The molecule has 1 aliphatic rings. The molecule has 4 heteroatoms. The van der Waals surface area contributed by atoms with Crippen LogP contribution in [0.2, 0.25) is 0 Å². The van der Waals surface area contributed by atoms with E-state index >= 15 is 0 Å². The molecular formula is C12H25NO2S. The SMILES string of the molecule is CCS(=O)(=O)CCCC1(N)CCCC(C)C1. The molecule has 2 N–H and O–H groups in total. The highest BCUT2D eigenvalue weighted by atomic mass is 32.2. The summed E-state index contributed by atoms with van der Waals surface area (Å²) >= 11 is 0. The Morgan fingerprint density at radius 2 is 2.12 bits per heavy atom. The third kappa shape index (κ3) is 4.42. The van der Waals surface area contributed by atoms with Crippen molar-refractivity contribution in [2.24, 2.45) is 11.7 Å². The predicted octanol–water partition coefficient (Wildman–Crippen LogP) is 2.11. The van der Waals surface area contributed by atoms with Crippen LogP contribution in [0, 0.1) is 5.92 Å². The van der Waals surface area contributed by atoms with Crippen LogP contribution in [0.1, 0.15) is 52.4 Å². The standard InChI is InChI=1S/C12H25NO2S/c1-3-16(14,15)9-5-8-12(13)7-4-6-11(2)10-12/h11H,3-10,13H2,1-2H3. The van der Waals surface area contributed by atoms with Gasteiger partial charge in [-0.1, -0.05) is 26.7 Å². The summed E-state index contributed by atoms with van der Waals surface area (Å²) in [6.07, 6.45) is 6.16. The number of hydrogen-bond donors (Lipinski definition) is 1. The number of rotatable bonds is 5. The van der Waals surface area contributed by atoms with Crippen LogP contribution in [-0.2, 0) is 9.84 Å². The minimum atomic E-state index is -2.82. The summed E-state index contributed by atoms with van der Waals surface area (Å²) in [6.45, 7) is 3.94. The van der Waals surface area contributed by atoms with E-state index in [1.54, 1.807) is 6.92 Å². The van der Waals surface area contributed by atoms with Crippen LogP contribution in [0.25, 0.3) is 0 Å². The fraction of sp³-hybridized carbons (Fsp3) is 1.00. The molecule has 0 aromatic heterocycles. The molecule has 16 heavy (non-hydrogen) atoms. The van der Waals surface area contributed by atoms with Gasteiger partial charge in [-0.15, -0.1) is 0 Å². The minimum absolute atomic E-state index is 0.0963. The molecule has 0 bridgehead atoms. The van der Waals surface area contributed by atoms with E-state index in [4.69, 9.17) is 5.73 Å². The molecule has 2 atom stereocenters. The first kappa shape index (κ1) is 14.0. The first-order chi connectivity index (χ1) is 7.37. The van der Waals surface area contributed by atoms with E-state index in [9.17, 15) is 8.42 Å². The Hall–Kier alpha value is -0.0900. The van der Waals surface area contributed by atoms with Gasteiger partial charge in [0.05, 0.1) is 5.75 Å². The molecule has 0 aromatic carbocycles. The Labute approximate surface area is 99.7 Å². The largest absolute Gasteiger partial charge is 0.325 e. The van der Waals surface area contributed by atoms with Gasteiger partial charge in [-0.25, -0.2) is 8.42 Å². The monoisotopic (exact) mass is 247 g/mol. The first-order valence-electron chi connectivity index (χ1n) is 6.36. The lowest BCUT2D eigenvalue weighted by Gasteiger charge is -2.37. The lowest BCUT2D eigenvalue weighted by atomic mass is 9.75. The highest BCUT2D eigenvalue weighted by Gasteiger charge is 2.30. The zero-order chi connectivity index (χ0) is 12.2. The molecule has 0 aliphatic heterocycles. The molecule has 3 nitrogen and oxygen atoms in total. The second-order valence-corrected chi connectivity index (χ2v) is 7.88. The zero-order valence-corrected chi connectivity index (χ0v) is 11.4. The van der Waals surface area contributed by atoms with Crippen molar-refractivity contribution in [3.05, 3.63) is 0 Å². The van der Waals surface area contributed by atoms with Crippen LogP contribution in [0.4, 0.5) is 0 Å². The summed E-state index contributed by atoms with van der Waals surface area (Å²) in [5, 5.41) is 0. The maximum absolute atomic E-state index is 11.4. The fourth-order valence-corrected chi connectivity index (χ4v) is 3.59. The molecule has 0 spiro atoms. The second kappa shape index (κ2) is 5.50. The molecule has 0 aromatic rings. The molecule has 0 saturated heterocycles. The van der Waals surface area contributed by atoms with Crippen molar-refractivity contribution in [3.8, 4) is 0 Å². The fourth-order valence-electron chi connectivity index (χ4n) is 2.72. The van der Waals surface area contributed by atoms with Crippen molar-refractivity contribution in [3.63, 3.8) is 0 Å². The molecule has 0 amide bonds. The smallest absolute Gasteiger partial charge is 0.150 e. The Morgan fingerprint density at radius 1 is 1.44 bits per heavy atom. The maximum Gasteiger partial charge on any atom is 0.150 e. The van der Waals surface area contributed by atoms with Gasteiger partial charge in [-0.05, 0) is 31.6 Å². The predicted molar refractivity (Wildman–Crippen MR) is 68.1 cm³/mol. The summed E-state index contributed by atoms with van der Waals surface area (Å²) in [5.74, 6) is 1.25. The summed E-state index contributed by atoms with van der Waals surface area (Å²) < 4.78 is 22.7. The lowest BCUT2D eigenvalue weighted by Crippen LogP contribution is -2.44. The van der Waals surface area contributed by atoms with Crippen LogP contribution in [0.15, 0.2) is 0 Å². The highest BCUT2D eigenvalue weighted by molar-refractivity contribution is 7.91. The van der Waals surface area contributed by atoms with E-state index in [2.05, 4.69) is 6.92 Å². The molecule has 96 valence electrons. The average molecular weight is 247 g/mol. The van der Waals surface area contributed by atoms with Crippen LogP contribution in [0.3, 0.4) is 0 Å². The number of sulfone groups is 1. The van der Waals surface area contributed by atoms with E-state index < -0.39 is 9.84 Å². The van der Waals surface area contributed by atoms with Crippen molar-refractivity contribution >= 4 is 9.84 Å². The van der Waals surface area contributed by atoms with Crippen molar-refractivity contribution in [1.29, 1.82) is 0 Å². The quantitative estimate of drug-likeness (QED) is 0.809. The van der Waals surface area contributed by atoms with Crippen LogP contribution in [-0.4, -0.2) is 25.5 Å². The molecule has 1 rings (SSSR count). The second-order valence-electron chi connectivity index (χ2n) is 5.40. The molecule has 1 fully saturated rings. The van der Waals surface area contributed by atoms with Gasteiger partial charge in [-0.2, -0.15) is 0 Å². The van der Waals surface area contributed by atoms with Gasteiger partial charge < -0.3 is 5.73 Å². The molecule has 0 heterocycles. The van der Waals surface area contributed by atoms with Crippen molar-refractivity contribution < 1.29 is 8.42 Å². The molecule has 0 radical (unpaired) electrons. The Balaban J connectivity index is 2.36. The average Bonchev–Trinajstić information content (AvgIpc) is 2.16. The summed E-state index contributed by atoms with van der Waals surface area (Å²) in [4.78, 5) is 0. The molecule has 1 aliphatic carbocycles. The highest BCUT2D eigenvalue weighted by Crippen LogP contribution is 2.33. The van der Waals surface area contributed by atoms with Gasteiger partial charge in [-0.3, -0.25) is 0 Å². The summed E-state index contributed by atoms with van der Waals surface area (Å²) in [6, 6.07) is 0. The van der Waals surface area contributed by atoms with Gasteiger partial charge in [0.2, 0.25) is 0 Å². The zero-order valence-electron chi connectivity index (χ0n) is 10.5. The number of hydrogen-bond acceptors (Lipinski definition) is 3. The van der Waals surface area contributed by atoms with E-state index in [1.165, 1.54) is 12.8 Å². The van der Waals surface area contributed by atoms with Crippen LogP contribution < -0.4 is 5.73 Å². The molecule has 2 unspecified atom stereocenters. The molecular weight excluding hydrogens is 222 g/mol. The Kier molecular flexibility index (Phi) is 4.80. The van der Waals surface area contributed by atoms with E-state index in [1.807, 2.05) is 0 Å². The van der Waals surface area contributed by atoms with E-state index in [0.717, 1.165) is 25.7 Å². The summed E-state index contributed by atoms with van der Waals surface area (Å²) in [7, 11) is -2.82. The van der Waals surface area contributed by atoms with E-state index in [0.29, 0.717) is 11.7 Å². The van der Waals surface area contributed by atoms with Crippen LogP contribution in [0.5, 0.6) is 0 Å². The van der Waals surface area contributed by atoms with Gasteiger partial charge in [0.15, 0.2) is 0 Å². The van der Waals surface area contributed by atoms with Gasteiger partial charge >= 0.3 is 0 Å². The number of nitrogens with two attached hydrogens (primary N) is 1. The van der Waals surface area contributed by atoms with E-state index in [-0.39, 0.29) is 11.3 Å². The maximum atomic E-state index is 11.4. The third-order valence-electron chi connectivity index (χ3n) is 3.70. The third-order valence-corrected chi connectivity index (χ3v) is 5.49. The van der Waals surface area contributed by atoms with Crippen molar-refractivity contribution in [2.75, 3.05) is 11.5 Å². The minimum Gasteiger partial charge on any atom is -0.325 e. The van der Waals surface area contributed by atoms with Crippen molar-refractivity contribution in [1.82, 2.24) is 0 Å². The Morgan fingerprint density at radius 3 is 2.69 bits per heavy atom. The van der Waals surface area contributed by atoms with Gasteiger partial charge in [0, 0.05) is 11.3 Å². The lowest BCUT2D eigenvalue weighted by molar-refractivity contribution is 0.222. The molecule has 1 saturated carbocycles. The first-order valence-corrected chi connectivity index (χ1v) is 8.18. The van der Waals surface area contributed by atoms with Gasteiger partial charge in [0.1, 0.15) is 9.84 Å². The van der Waals surface area contributed by atoms with Gasteiger partial charge in [0.25, 0.3) is 0 Å². The Bertz CT molecular complexity index is 313. The van der Waals surface area contributed by atoms with Crippen molar-refractivity contribution in [2.45, 2.75) is 57.9 Å². The normalized spacial score (nSPS) is 31.6. The van der Waals surface area contributed by atoms with Crippen LogP contribution >= 0.6 is 0 Å². The summed E-state index contributed by atoms with van der Waals surface area (Å²) in [5.41, 5.74) is 6.23.